The highest BCUT2D eigenvalue weighted by Gasteiger charge is 2.40. The smallest absolute Gasteiger partial charge is 0.529 e. The number of hydrogen-bond acceptors (Lipinski definition) is 7. The van der Waals surface area contributed by atoms with E-state index >= 15 is 0 Å². The van der Waals surface area contributed by atoms with Gasteiger partial charge >= 0.3 is 32.3 Å². The summed E-state index contributed by atoms with van der Waals surface area (Å²) in [5, 5.41) is 0. The van der Waals surface area contributed by atoms with E-state index in [2.05, 4.69) is 121 Å². The van der Waals surface area contributed by atoms with Crippen molar-refractivity contribution in [1.29, 1.82) is 0 Å². The van der Waals surface area contributed by atoms with Gasteiger partial charge in [-0.1, -0.05) is 168 Å². The van der Waals surface area contributed by atoms with E-state index in [4.69, 9.17) is 22.3 Å². The summed E-state index contributed by atoms with van der Waals surface area (Å²) in [4.78, 5) is 21.4. The van der Waals surface area contributed by atoms with E-state index in [9.17, 15) is 18.9 Å². The molecule has 4 aromatic rings. The van der Waals surface area contributed by atoms with Gasteiger partial charge in [0.1, 0.15) is 23.0 Å². The molecule has 9 nitrogen and oxygen atoms in total. The number of phosphoric ester groups is 2. The topological polar surface area (TPSA) is 132 Å². The summed E-state index contributed by atoms with van der Waals surface area (Å²) >= 11 is 1.42. The molecule has 0 bridgehead atoms. The summed E-state index contributed by atoms with van der Waals surface area (Å²) in [7, 11) is -8.74. The van der Waals surface area contributed by atoms with Crippen molar-refractivity contribution in [3.8, 4) is 23.0 Å². The number of phosphoric acid groups is 2. The fraction of sp³-hybridized carbons (Fsp3) is 0.500. The van der Waals surface area contributed by atoms with Crippen LogP contribution in [0.3, 0.4) is 0 Å². The van der Waals surface area contributed by atoms with Gasteiger partial charge in [-0.05, 0) is 49.4 Å². The lowest BCUT2D eigenvalue weighted by Gasteiger charge is -2.33. The summed E-state index contributed by atoms with van der Waals surface area (Å²) in [5.41, 5.74) is 10.7. The van der Waals surface area contributed by atoms with E-state index in [1.807, 2.05) is 52.0 Å². The highest BCUT2D eigenvalue weighted by molar-refractivity contribution is 7.48. The van der Waals surface area contributed by atoms with Crippen molar-refractivity contribution < 1.29 is 41.2 Å². The average Bonchev–Trinajstić information content (AvgIpc) is 3.08. The average molecular weight is 877 g/mol. The van der Waals surface area contributed by atoms with Crippen molar-refractivity contribution in [3.05, 3.63) is 115 Å². The van der Waals surface area contributed by atoms with E-state index in [-0.39, 0.29) is 33.5 Å². The Morgan fingerprint density at radius 2 is 0.583 bits per heavy atom. The molecule has 0 atom stereocenters. The minimum Gasteiger partial charge on any atom is -0.529 e. The Balaban J connectivity index is 0.000000254. The third-order valence-corrected chi connectivity index (χ3v) is 12.6. The Morgan fingerprint density at radius 1 is 0.417 bits per heavy atom. The van der Waals surface area contributed by atoms with Gasteiger partial charge in [0, 0.05) is 56.3 Å². The van der Waals surface area contributed by atoms with Crippen molar-refractivity contribution in [2.45, 2.75) is 158 Å². The second-order valence-corrected chi connectivity index (χ2v) is 23.3. The molecule has 0 aliphatic carbocycles. The molecule has 12 heteroatoms. The molecule has 0 saturated heterocycles. The monoisotopic (exact) mass is 876 g/mol. The Hall–Kier alpha value is -3.05. The molecular weight excluding hydrogens is 809 g/mol. The number of hydrogen-bond donors (Lipinski definition) is 3. The number of benzene rings is 4. The first kappa shape index (κ1) is 49.6. The zero-order valence-electron chi connectivity index (χ0n) is 39.0. The maximum Gasteiger partial charge on any atom is 0.584 e. The van der Waals surface area contributed by atoms with Gasteiger partial charge in [0.25, 0.3) is 0 Å². The van der Waals surface area contributed by atoms with Crippen LogP contribution >= 0.6 is 15.6 Å². The number of rotatable bonds is 0. The molecule has 2 aliphatic heterocycles. The molecule has 4 aromatic carbocycles. The lowest BCUT2D eigenvalue weighted by molar-refractivity contribution is 0.278. The van der Waals surface area contributed by atoms with Crippen LogP contribution in [0.2, 0.25) is 0 Å². The predicted molar refractivity (Wildman–Crippen MR) is 245 cm³/mol. The fourth-order valence-electron chi connectivity index (χ4n) is 7.96. The molecule has 60 heavy (non-hydrogen) atoms. The zero-order valence-corrected chi connectivity index (χ0v) is 42.0. The van der Waals surface area contributed by atoms with Crippen LogP contribution in [-0.4, -0.2) is 30.6 Å². The van der Waals surface area contributed by atoms with Crippen molar-refractivity contribution in [3.63, 3.8) is 0 Å². The van der Waals surface area contributed by atoms with Crippen molar-refractivity contribution >= 4 is 32.3 Å². The Morgan fingerprint density at radius 3 is 0.733 bits per heavy atom. The quantitative estimate of drug-likeness (QED) is 0.117. The first-order valence-corrected chi connectivity index (χ1v) is 24.0. The van der Waals surface area contributed by atoms with Crippen LogP contribution in [0.4, 0.5) is 0 Å². The van der Waals surface area contributed by atoms with Crippen molar-refractivity contribution in [2.24, 2.45) is 0 Å². The molecule has 2 heterocycles. The van der Waals surface area contributed by atoms with Crippen LogP contribution in [0.25, 0.3) is 0 Å². The van der Waals surface area contributed by atoms with Gasteiger partial charge in [0.05, 0.1) is 0 Å². The van der Waals surface area contributed by atoms with E-state index < -0.39 is 15.6 Å². The molecule has 0 saturated carbocycles. The normalized spacial score (nSPS) is 21.3. The standard InChI is InChI=1S/2C24H33O4P.Al.H2O/c2*1-14-10-17-16(3)18-11-15(2)13-20(24(7,8)9)22(18)28-29(25,26)27-21(17)19(12-14)23(4,5)6;;/h2*10-13,16H,1-9H3,(H,25,26);;1H2/q;;+1;/p-1. The van der Waals surface area contributed by atoms with Gasteiger partial charge in [-0.15, -0.1) is 0 Å². The molecular formula is C48H67AlO9P2. The number of aryl methyl sites for hydroxylation is 4. The molecule has 0 amide bonds. The molecule has 3 N–H and O–H groups in total. The van der Waals surface area contributed by atoms with E-state index in [1.54, 1.807) is 0 Å². The van der Waals surface area contributed by atoms with Crippen LogP contribution in [0.5, 0.6) is 23.0 Å². The molecule has 2 radical (unpaired) electrons. The Bertz CT molecular complexity index is 2040. The van der Waals surface area contributed by atoms with Crippen LogP contribution in [0, 0.1) is 27.7 Å². The highest BCUT2D eigenvalue weighted by atomic mass is 31.2. The third kappa shape index (κ3) is 10.9. The second-order valence-electron chi connectivity index (χ2n) is 20.7. The number of fused-ring (bicyclic) bond motifs is 4. The van der Waals surface area contributed by atoms with Crippen LogP contribution in [0.1, 0.15) is 176 Å². The molecule has 326 valence electrons. The lowest BCUT2D eigenvalue weighted by Crippen LogP contribution is -2.20. The highest BCUT2D eigenvalue weighted by Crippen LogP contribution is 2.58. The summed E-state index contributed by atoms with van der Waals surface area (Å²) in [6.07, 6.45) is 0. The first-order chi connectivity index (χ1) is 27.2. The van der Waals surface area contributed by atoms with Crippen LogP contribution < -0.4 is 18.1 Å². The summed E-state index contributed by atoms with van der Waals surface area (Å²) in [6.45, 7) is 37.3. The van der Waals surface area contributed by atoms with E-state index in [0.29, 0.717) is 23.0 Å². The largest absolute Gasteiger partial charge is 0.584 e. The zero-order chi connectivity index (χ0) is 45.9. The fourth-order valence-corrected chi connectivity index (χ4v) is 9.77. The third-order valence-electron chi connectivity index (χ3n) is 11.0. The molecule has 6 rings (SSSR count). The minimum atomic E-state index is -4.37. The van der Waals surface area contributed by atoms with Gasteiger partial charge in [-0.3, -0.25) is 9.79 Å². The first-order valence-electron chi connectivity index (χ1n) is 20.5. The van der Waals surface area contributed by atoms with Crippen LogP contribution in [-0.2, 0) is 30.8 Å². The predicted octanol–water partition coefficient (Wildman–Crippen LogP) is 12.9. The van der Waals surface area contributed by atoms with Gasteiger partial charge < -0.3 is 22.3 Å². The van der Waals surface area contributed by atoms with Gasteiger partial charge in [0.15, 0.2) is 0 Å². The van der Waals surface area contributed by atoms with E-state index in [1.165, 1.54) is 16.6 Å². The maximum absolute atomic E-state index is 13.1. The van der Waals surface area contributed by atoms with Crippen molar-refractivity contribution in [2.75, 3.05) is 0 Å². The minimum absolute atomic E-state index is 0.0534. The molecule has 2 aliphatic rings. The molecule has 0 spiro atoms. The van der Waals surface area contributed by atoms with Gasteiger partial charge in [-0.25, -0.2) is 9.13 Å². The van der Waals surface area contributed by atoms with Crippen molar-refractivity contribution in [1.82, 2.24) is 0 Å². The van der Waals surface area contributed by atoms with E-state index in [0.717, 1.165) is 66.8 Å². The summed E-state index contributed by atoms with van der Waals surface area (Å²) in [5.74, 6) is 1.75. The van der Waals surface area contributed by atoms with Crippen LogP contribution in [0.15, 0.2) is 48.5 Å². The van der Waals surface area contributed by atoms with Gasteiger partial charge in [0.2, 0.25) is 0 Å². The molecule has 0 unspecified atom stereocenters. The second kappa shape index (κ2) is 17.3. The lowest BCUT2D eigenvalue weighted by atomic mass is 9.79. The van der Waals surface area contributed by atoms with Gasteiger partial charge in [-0.2, -0.15) is 0 Å². The summed E-state index contributed by atoms with van der Waals surface area (Å²) < 4.78 is 56.1. The summed E-state index contributed by atoms with van der Waals surface area (Å²) in [6, 6.07) is 16.4. The molecule has 0 aromatic heterocycles. The maximum atomic E-state index is 13.1. The Kier molecular flexibility index (Phi) is 14.3. The Labute approximate surface area is 368 Å². The SMILES string of the molecule is Cc1cc2c(c(C(C)(C)C)c1)OP(=O)(O)Oc1c(cc(C)cc1C(C)(C)C)C2C.Cc1cc2c(c(C(C)(C)C)c1)OP(=O)(O)Oc1c(cc(C)cc1C(C)(C)C)C2C.[OH][Al]. The molecule has 0 fully saturated rings.